The third-order valence-electron chi connectivity index (χ3n) is 2.22. The SMILES string of the molecule is C1=CCCC/C=C\C/C=C\C/C=C/C1. The van der Waals surface area contributed by atoms with E-state index < -0.39 is 0 Å². The summed E-state index contributed by atoms with van der Waals surface area (Å²) in [5.74, 6) is 0. The first-order valence-electron chi connectivity index (χ1n) is 5.60. The molecular weight excluding hydrogens is 168 g/mol. The molecule has 0 heteroatoms. The summed E-state index contributed by atoms with van der Waals surface area (Å²) < 4.78 is 0. The standard InChI is InChI=1S/C14H20/c1-2-4-6-8-10-12-14-13-11-9-7-5-3-1/h1-2,5-8,11,13H,3-4,9-10,12,14H2/b2-1-,7-5+,8-6-,13-11?. The van der Waals surface area contributed by atoms with Gasteiger partial charge in [0.1, 0.15) is 0 Å². The van der Waals surface area contributed by atoms with Gasteiger partial charge >= 0.3 is 0 Å². The smallest absolute Gasteiger partial charge is 0.0169 e. The molecule has 0 aromatic rings. The number of hydrogen-bond donors (Lipinski definition) is 0. The van der Waals surface area contributed by atoms with E-state index in [9.17, 15) is 0 Å². The molecule has 0 radical (unpaired) electrons. The molecule has 0 amide bonds. The van der Waals surface area contributed by atoms with Crippen molar-refractivity contribution in [3.8, 4) is 0 Å². The zero-order valence-corrected chi connectivity index (χ0v) is 8.86. The minimum absolute atomic E-state index is 1.07. The molecule has 76 valence electrons. The van der Waals surface area contributed by atoms with Gasteiger partial charge in [0.25, 0.3) is 0 Å². The van der Waals surface area contributed by atoms with Crippen LogP contribution >= 0.6 is 0 Å². The van der Waals surface area contributed by atoms with Crippen molar-refractivity contribution in [2.45, 2.75) is 38.5 Å². The third-order valence-corrected chi connectivity index (χ3v) is 2.22. The normalized spacial score (nSPS) is 26.3. The summed E-state index contributed by atoms with van der Waals surface area (Å²) in [4.78, 5) is 0. The Morgan fingerprint density at radius 1 is 0.429 bits per heavy atom. The van der Waals surface area contributed by atoms with Crippen LogP contribution in [-0.2, 0) is 0 Å². The Morgan fingerprint density at radius 2 is 0.786 bits per heavy atom. The summed E-state index contributed by atoms with van der Waals surface area (Å²) in [6.45, 7) is 0. The lowest BCUT2D eigenvalue weighted by Gasteiger charge is -1.91. The van der Waals surface area contributed by atoms with Gasteiger partial charge in [0.2, 0.25) is 0 Å². The Morgan fingerprint density at radius 3 is 1.21 bits per heavy atom. The predicted octanol–water partition coefficient (Wildman–Crippen LogP) is 4.57. The topological polar surface area (TPSA) is 0 Å². The summed E-state index contributed by atoms with van der Waals surface area (Å²) in [5, 5.41) is 0. The molecule has 0 spiro atoms. The molecule has 1 rings (SSSR count). The maximum absolute atomic E-state index is 2.29. The van der Waals surface area contributed by atoms with Gasteiger partial charge in [-0.15, -0.1) is 0 Å². The van der Waals surface area contributed by atoms with Gasteiger partial charge in [-0.3, -0.25) is 0 Å². The van der Waals surface area contributed by atoms with Gasteiger partial charge in [-0.25, -0.2) is 0 Å². The highest BCUT2D eigenvalue weighted by molar-refractivity contribution is 5.00. The fraction of sp³-hybridized carbons (Fsp3) is 0.429. The maximum atomic E-state index is 2.29. The molecule has 0 saturated carbocycles. The van der Waals surface area contributed by atoms with Crippen LogP contribution in [0.3, 0.4) is 0 Å². The molecule has 0 nitrogen and oxygen atoms in total. The van der Waals surface area contributed by atoms with Crippen LogP contribution in [0.5, 0.6) is 0 Å². The molecule has 0 fully saturated rings. The fourth-order valence-corrected chi connectivity index (χ4v) is 1.40. The van der Waals surface area contributed by atoms with E-state index in [0.717, 1.165) is 19.3 Å². The van der Waals surface area contributed by atoms with Crippen LogP contribution in [0, 0.1) is 0 Å². The molecule has 0 N–H and O–H groups in total. The van der Waals surface area contributed by atoms with E-state index >= 15 is 0 Å². The van der Waals surface area contributed by atoms with Crippen LogP contribution in [0.2, 0.25) is 0 Å². The number of allylic oxidation sites excluding steroid dienone is 8. The lowest BCUT2D eigenvalue weighted by molar-refractivity contribution is 0.864. The summed E-state index contributed by atoms with van der Waals surface area (Å²) in [6, 6.07) is 0. The summed E-state index contributed by atoms with van der Waals surface area (Å²) >= 11 is 0. The summed E-state index contributed by atoms with van der Waals surface area (Å²) in [6.07, 6.45) is 25.0. The first-order valence-corrected chi connectivity index (χ1v) is 5.60. The van der Waals surface area contributed by atoms with Crippen LogP contribution < -0.4 is 0 Å². The molecule has 0 bridgehead atoms. The highest BCUT2D eigenvalue weighted by Crippen LogP contribution is 2.01. The molecule has 0 heterocycles. The Balaban J connectivity index is 2.34. The second-order valence-electron chi connectivity index (χ2n) is 3.52. The molecule has 0 aliphatic heterocycles. The van der Waals surface area contributed by atoms with E-state index in [-0.39, 0.29) is 0 Å². The Labute approximate surface area is 87.7 Å². The second-order valence-corrected chi connectivity index (χ2v) is 3.52. The maximum Gasteiger partial charge on any atom is -0.0169 e. The molecule has 0 unspecified atom stereocenters. The number of hydrogen-bond acceptors (Lipinski definition) is 0. The average Bonchev–Trinajstić information content (AvgIpc) is 2.22. The summed E-state index contributed by atoms with van der Waals surface area (Å²) in [7, 11) is 0. The Hall–Kier alpha value is -1.04. The first-order chi connectivity index (χ1) is 7.00. The van der Waals surface area contributed by atoms with E-state index in [4.69, 9.17) is 0 Å². The van der Waals surface area contributed by atoms with Gasteiger partial charge in [0.15, 0.2) is 0 Å². The van der Waals surface area contributed by atoms with E-state index in [1.54, 1.807) is 0 Å². The zero-order valence-electron chi connectivity index (χ0n) is 8.86. The van der Waals surface area contributed by atoms with Crippen LogP contribution in [0.15, 0.2) is 48.6 Å². The largest absolute Gasteiger partial charge is 0.0882 e. The van der Waals surface area contributed by atoms with Crippen LogP contribution in [0.1, 0.15) is 38.5 Å². The van der Waals surface area contributed by atoms with Gasteiger partial charge < -0.3 is 0 Å². The second kappa shape index (κ2) is 8.55. The fourth-order valence-electron chi connectivity index (χ4n) is 1.40. The van der Waals surface area contributed by atoms with Crippen molar-refractivity contribution in [1.82, 2.24) is 0 Å². The van der Waals surface area contributed by atoms with Crippen molar-refractivity contribution >= 4 is 0 Å². The molecule has 0 saturated heterocycles. The highest BCUT2D eigenvalue weighted by Gasteiger charge is 1.81. The van der Waals surface area contributed by atoms with Gasteiger partial charge in [0, 0.05) is 0 Å². The van der Waals surface area contributed by atoms with Crippen molar-refractivity contribution in [2.24, 2.45) is 0 Å². The van der Waals surface area contributed by atoms with Gasteiger partial charge in [0.05, 0.1) is 0 Å². The van der Waals surface area contributed by atoms with Crippen molar-refractivity contribution in [3.05, 3.63) is 48.6 Å². The van der Waals surface area contributed by atoms with Crippen LogP contribution in [0.4, 0.5) is 0 Å². The molecular formula is C14H20. The van der Waals surface area contributed by atoms with E-state index in [2.05, 4.69) is 48.6 Å². The molecule has 1 aliphatic carbocycles. The number of rotatable bonds is 0. The minimum Gasteiger partial charge on any atom is -0.0882 e. The Bertz CT molecular complexity index is 204. The third kappa shape index (κ3) is 6.47. The molecule has 1 aliphatic rings. The highest BCUT2D eigenvalue weighted by atomic mass is 13.9. The first kappa shape index (κ1) is 11.0. The van der Waals surface area contributed by atoms with Gasteiger partial charge in [-0.2, -0.15) is 0 Å². The van der Waals surface area contributed by atoms with Crippen molar-refractivity contribution in [1.29, 1.82) is 0 Å². The summed E-state index contributed by atoms with van der Waals surface area (Å²) in [5.41, 5.74) is 0. The zero-order chi connectivity index (χ0) is 9.90. The van der Waals surface area contributed by atoms with Crippen LogP contribution in [0.25, 0.3) is 0 Å². The monoisotopic (exact) mass is 188 g/mol. The van der Waals surface area contributed by atoms with Crippen molar-refractivity contribution < 1.29 is 0 Å². The van der Waals surface area contributed by atoms with E-state index in [1.807, 2.05) is 0 Å². The van der Waals surface area contributed by atoms with Crippen molar-refractivity contribution in [3.63, 3.8) is 0 Å². The molecule has 0 atom stereocenters. The van der Waals surface area contributed by atoms with Gasteiger partial charge in [-0.1, -0.05) is 48.6 Å². The lowest BCUT2D eigenvalue weighted by atomic mass is 10.2. The van der Waals surface area contributed by atoms with Gasteiger partial charge in [-0.05, 0) is 38.5 Å². The van der Waals surface area contributed by atoms with E-state index in [0.29, 0.717) is 0 Å². The molecule has 0 aromatic heterocycles. The van der Waals surface area contributed by atoms with E-state index in [1.165, 1.54) is 19.3 Å². The lowest BCUT2D eigenvalue weighted by Crippen LogP contribution is -1.71. The molecule has 0 aromatic carbocycles. The minimum atomic E-state index is 1.07. The molecule has 14 heavy (non-hydrogen) atoms. The van der Waals surface area contributed by atoms with Crippen LogP contribution in [-0.4, -0.2) is 0 Å². The quantitative estimate of drug-likeness (QED) is 0.489. The van der Waals surface area contributed by atoms with Crippen molar-refractivity contribution in [2.75, 3.05) is 0 Å². The predicted molar refractivity (Wildman–Crippen MR) is 64.3 cm³/mol. The average molecular weight is 188 g/mol. The Kier molecular flexibility index (Phi) is 6.74.